The van der Waals surface area contributed by atoms with Gasteiger partial charge < -0.3 is 9.47 Å². The fraction of sp³-hybridized carbons (Fsp3) is 0.188. The van der Waals surface area contributed by atoms with Gasteiger partial charge in [0.05, 0.1) is 24.3 Å². The molecular formula is C16H14BrFO3. The molecule has 0 fully saturated rings. The average Bonchev–Trinajstić information content (AvgIpc) is 2.50. The van der Waals surface area contributed by atoms with E-state index in [-0.39, 0.29) is 10.0 Å². The minimum Gasteiger partial charge on any atom is -0.497 e. The molecule has 2 rings (SSSR count). The van der Waals surface area contributed by atoms with Crippen LogP contribution in [0.3, 0.4) is 0 Å². The van der Waals surface area contributed by atoms with Gasteiger partial charge in [-0.2, -0.15) is 0 Å². The minimum absolute atomic E-state index is 0.118. The van der Waals surface area contributed by atoms with Gasteiger partial charge in [0.15, 0.2) is 0 Å². The smallest absolute Gasteiger partial charge is 0.339 e. The van der Waals surface area contributed by atoms with E-state index in [1.807, 2.05) is 24.3 Å². The van der Waals surface area contributed by atoms with Crippen molar-refractivity contribution in [2.45, 2.75) is 6.42 Å². The van der Waals surface area contributed by atoms with Crippen molar-refractivity contribution in [1.29, 1.82) is 0 Å². The molecular weight excluding hydrogens is 339 g/mol. The summed E-state index contributed by atoms with van der Waals surface area (Å²) in [6.45, 7) is 0. The lowest BCUT2D eigenvalue weighted by atomic mass is 10.0. The molecule has 0 bridgehead atoms. The van der Waals surface area contributed by atoms with Gasteiger partial charge in [-0.05, 0) is 57.7 Å². The summed E-state index contributed by atoms with van der Waals surface area (Å²) in [6, 6.07) is 10.5. The van der Waals surface area contributed by atoms with Crippen LogP contribution in [0.4, 0.5) is 4.39 Å². The van der Waals surface area contributed by atoms with E-state index < -0.39 is 11.8 Å². The summed E-state index contributed by atoms with van der Waals surface area (Å²) in [6.07, 6.45) is 0.512. The lowest BCUT2D eigenvalue weighted by Gasteiger charge is -2.08. The molecule has 0 heterocycles. The fourth-order valence-corrected chi connectivity index (χ4v) is 2.38. The van der Waals surface area contributed by atoms with Crippen molar-refractivity contribution in [3.63, 3.8) is 0 Å². The highest BCUT2D eigenvalue weighted by molar-refractivity contribution is 9.10. The third-order valence-electron chi connectivity index (χ3n) is 3.06. The van der Waals surface area contributed by atoms with Crippen LogP contribution >= 0.6 is 15.9 Å². The zero-order valence-corrected chi connectivity index (χ0v) is 13.2. The van der Waals surface area contributed by atoms with Crippen molar-refractivity contribution in [3.8, 4) is 5.75 Å². The Balaban J connectivity index is 2.31. The highest BCUT2D eigenvalue weighted by Gasteiger charge is 2.15. The first-order valence-electron chi connectivity index (χ1n) is 6.24. The maximum Gasteiger partial charge on any atom is 0.339 e. The molecule has 5 heteroatoms. The first kappa shape index (κ1) is 15.5. The van der Waals surface area contributed by atoms with E-state index >= 15 is 0 Å². The second-order valence-electron chi connectivity index (χ2n) is 4.46. The monoisotopic (exact) mass is 352 g/mol. The number of rotatable bonds is 4. The van der Waals surface area contributed by atoms with E-state index in [1.54, 1.807) is 13.2 Å². The second-order valence-corrected chi connectivity index (χ2v) is 5.25. The van der Waals surface area contributed by atoms with Crippen LogP contribution < -0.4 is 4.74 Å². The van der Waals surface area contributed by atoms with Gasteiger partial charge in [0.25, 0.3) is 0 Å². The van der Waals surface area contributed by atoms with Gasteiger partial charge in [0.2, 0.25) is 0 Å². The number of hydrogen-bond donors (Lipinski definition) is 0. The molecule has 0 N–H and O–H groups in total. The second kappa shape index (κ2) is 6.72. The summed E-state index contributed by atoms with van der Waals surface area (Å²) in [5, 5.41) is 0. The molecule has 0 saturated heterocycles. The molecule has 110 valence electrons. The Morgan fingerprint density at radius 2 is 1.81 bits per heavy atom. The minimum atomic E-state index is -0.572. The molecule has 0 unspecified atom stereocenters. The van der Waals surface area contributed by atoms with Crippen LogP contribution in [0, 0.1) is 5.82 Å². The van der Waals surface area contributed by atoms with E-state index in [4.69, 9.17) is 4.74 Å². The van der Waals surface area contributed by atoms with Crippen LogP contribution in [0.1, 0.15) is 21.5 Å². The van der Waals surface area contributed by atoms with Crippen molar-refractivity contribution >= 4 is 21.9 Å². The predicted octanol–water partition coefficient (Wildman–Crippen LogP) is 3.97. The Hall–Kier alpha value is -1.88. The maximum absolute atomic E-state index is 13.9. The first-order valence-corrected chi connectivity index (χ1v) is 7.03. The van der Waals surface area contributed by atoms with Crippen molar-refractivity contribution < 1.29 is 18.7 Å². The standard InChI is InChI=1S/C16H14BrFO3/c1-20-12-5-3-10(4-6-12)7-11-8-13(16(19)21-2)15(17)14(18)9-11/h3-6,8-9H,7H2,1-2H3. The Morgan fingerprint density at radius 1 is 1.14 bits per heavy atom. The van der Waals surface area contributed by atoms with Crippen molar-refractivity contribution in [1.82, 2.24) is 0 Å². The number of carbonyl (C=O) groups excluding carboxylic acids is 1. The lowest BCUT2D eigenvalue weighted by Crippen LogP contribution is -2.05. The average molecular weight is 353 g/mol. The third-order valence-corrected chi connectivity index (χ3v) is 3.87. The largest absolute Gasteiger partial charge is 0.497 e. The number of methoxy groups -OCH3 is 2. The summed E-state index contributed by atoms with van der Waals surface area (Å²) in [5.74, 6) is -0.297. The molecule has 0 amide bonds. The molecule has 0 aromatic heterocycles. The van der Waals surface area contributed by atoms with Crippen molar-refractivity contribution in [2.75, 3.05) is 14.2 Å². The SMILES string of the molecule is COC(=O)c1cc(Cc2ccc(OC)cc2)cc(F)c1Br. The van der Waals surface area contributed by atoms with Crippen LogP contribution in [0.25, 0.3) is 0 Å². The number of halogens is 2. The number of carbonyl (C=O) groups is 1. The maximum atomic E-state index is 13.9. The van der Waals surface area contributed by atoms with Gasteiger partial charge in [0.1, 0.15) is 11.6 Å². The molecule has 0 aliphatic heterocycles. The van der Waals surface area contributed by atoms with Crippen molar-refractivity contribution in [3.05, 3.63) is 63.4 Å². The van der Waals surface area contributed by atoms with E-state index in [2.05, 4.69) is 20.7 Å². The molecule has 21 heavy (non-hydrogen) atoms. The molecule has 0 atom stereocenters. The summed E-state index contributed by atoms with van der Waals surface area (Å²) in [4.78, 5) is 11.6. The summed E-state index contributed by atoms with van der Waals surface area (Å²) < 4.78 is 23.7. The van der Waals surface area contributed by atoms with E-state index in [9.17, 15) is 9.18 Å². The Kier molecular flexibility index (Phi) is 4.96. The Bertz CT molecular complexity index is 653. The van der Waals surface area contributed by atoms with Crippen molar-refractivity contribution in [2.24, 2.45) is 0 Å². The number of hydrogen-bond acceptors (Lipinski definition) is 3. The highest BCUT2D eigenvalue weighted by Crippen LogP contribution is 2.25. The van der Waals surface area contributed by atoms with Crippen LogP contribution in [0.5, 0.6) is 5.75 Å². The van der Waals surface area contributed by atoms with Gasteiger partial charge in [0, 0.05) is 0 Å². The molecule has 0 aliphatic carbocycles. The highest BCUT2D eigenvalue weighted by atomic mass is 79.9. The topological polar surface area (TPSA) is 35.5 Å². The fourth-order valence-electron chi connectivity index (χ4n) is 1.98. The van der Waals surface area contributed by atoms with Gasteiger partial charge >= 0.3 is 5.97 Å². The predicted molar refractivity (Wildman–Crippen MR) is 81.2 cm³/mol. The number of benzene rings is 2. The zero-order chi connectivity index (χ0) is 15.4. The molecule has 0 radical (unpaired) electrons. The number of ether oxygens (including phenoxy) is 2. The molecule has 2 aromatic carbocycles. The Morgan fingerprint density at radius 3 is 2.38 bits per heavy atom. The summed E-state index contributed by atoms with van der Waals surface area (Å²) in [7, 11) is 2.87. The van der Waals surface area contributed by atoms with E-state index in [0.29, 0.717) is 12.0 Å². The summed E-state index contributed by atoms with van der Waals surface area (Å²) in [5.41, 5.74) is 1.87. The van der Waals surface area contributed by atoms with Crippen LogP contribution in [-0.2, 0) is 11.2 Å². The summed E-state index contributed by atoms with van der Waals surface area (Å²) >= 11 is 3.07. The normalized spacial score (nSPS) is 10.3. The quantitative estimate of drug-likeness (QED) is 0.781. The van der Waals surface area contributed by atoms with Gasteiger partial charge in [-0.3, -0.25) is 0 Å². The first-order chi connectivity index (χ1) is 10.0. The molecule has 0 saturated carbocycles. The van der Waals surface area contributed by atoms with Crippen LogP contribution in [0.2, 0.25) is 0 Å². The van der Waals surface area contributed by atoms with Gasteiger partial charge in [-0.25, -0.2) is 9.18 Å². The molecule has 3 nitrogen and oxygen atoms in total. The third kappa shape index (κ3) is 3.61. The zero-order valence-electron chi connectivity index (χ0n) is 11.7. The molecule has 0 spiro atoms. The molecule has 0 aliphatic rings. The lowest BCUT2D eigenvalue weighted by molar-refractivity contribution is 0.0599. The van der Waals surface area contributed by atoms with Gasteiger partial charge in [-0.15, -0.1) is 0 Å². The van der Waals surface area contributed by atoms with Crippen LogP contribution in [0.15, 0.2) is 40.9 Å². The Labute approximate surface area is 130 Å². The van der Waals surface area contributed by atoms with Crippen LogP contribution in [-0.4, -0.2) is 20.2 Å². The van der Waals surface area contributed by atoms with E-state index in [0.717, 1.165) is 11.3 Å². The number of esters is 1. The van der Waals surface area contributed by atoms with E-state index in [1.165, 1.54) is 13.2 Å². The molecule has 2 aromatic rings. The van der Waals surface area contributed by atoms with Gasteiger partial charge in [-0.1, -0.05) is 12.1 Å².